The fraction of sp³-hybridized carbons (Fsp3) is 0.846. The summed E-state index contributed by atoms with van der Waals surface area (Å²) in [5.74, 6) is -0.827. The highest BCUT2D eigenvalue weighted by Gasteiger charge is 2.43. The van der Waals surface area contributed by atoms with E-state index >= 15 is 0 Å². The molecule has 96 valence electrons. The maximum atomic E-state index is 12.5. The van der Waals surface area contributed by atoms with Gasteiger partial charge >= 0.3 is 5.97 Å². The van der Waals surface area contributed by atoms with E-state index in [1.807, 2.05) is 6.92 Å². The summed E-state index contributed by atoms with van der Waals surface area (Å²) < 4.78 is 0. The summed E-state index contributed by atoms with van der Waals surface area (Å²) in [6.07, 6.45) is 7.14. The zero-order chi connectivity index (χ0) is 12.5. The molecule has 0 aromatic carbocycles. The van der Waals surface area contributed by atoms with Crippen LogP contribution in [0.3, 0.4) is 0 Å². The van der Waals surface area contributed by atoms with Gasteiger partial charge in [-0.1, -0.05) is 26.2 Å². The van der Waals surface area contributed by atoms with Crippen molar-refractivity contribution < 1.29 is 14.7 Å². The number of carboxylic acid groups (broad SMARTS) is 1. The van der Waals surface area contributed by atoms with Crippen molar-refractivity contribution in [1.82, 2.24) is 4.90 Å². The van der Waals surface area contributed by atoms with E-state index in [0.29, 0.717) is 0 Å². The second-order valence-corrected chi connectivity index (χ2v) is 5.68. The Morgan fingerprint density at radius 3 is 2.29 bits per heavy atom. The second-order valence-electron chi connectivity index (χ2n) is 5.68. The Kier molecular flexibility index (Phi) is 3.40. The lowest BCUT2D eigenvalue weighted by Crippen LogP contribution is -2.46. The molecule has 2 aliphatic rings. The Morgan fingerprint density at radius 1 is 1.24 bits per heavy atom. The van der Waals surface area contributed by atoms with Crippen LogP contribution in [0.15, 0.2) is 0 Å². The highest BCUT2D eigenvalue weighted by Crippen LogP contribution is 2.40. The normalized spacial score (nSPS) is 23.1. The summed E-state index contributed by atoms with van der Waals surface area (Å²) in [6, 6.07) is 0.192. The number of carbonyl (C=O) groups is 2. The molecule has 0 spiro atoms. The highest BCUT2D eigenvalue weighted by molar-refractivity contribution is 5.86. The molecule has 2 aliphatic carbocycles. The third-order valence-electron chi connectivity index (χ3n) is 4.03. The summed E-state index contributed by atoms with van der Waals surface area (Å²) in [5, 5.41) is 8.90. The van der Waals surface area contributed by atoms with Gasteiger partial charge in [-0.05, 0) is 25.7 Å². The third kappa shape index (κ3) is 2.79. The summed E-state index contributed by atoms with van der Waals surface area (Å²) in [5.41, 5.74) is -0.309. The van der Waals surface area contributed by atoms with Crippen molar-refractivity contribution in [1.29, 1.82) is 0 Å². The summed E-state index contributed by atoms with van der Waals surface area (Å²) in [4.78, 5) is 24.9. The molecule has 4 heteroatoms. The van der Waals surface area contributed by atoms with Crippen LogP contribution in [0, 0.1) is 5.41 Å². The monoisotopic (exact) mass is 239 g/mol. The molecule has 1 N–H and O–H groups in total. The summed E-state index contributed by atoms with van der Waals surface area (Å²) in [6.45, 7) is 1.88. The molecule has 0 radical (unpaired) electrons. The minimum atomic E-state index is -0.898. The Hall–Kier alpha value is -1.06. The molecule has 2 rings (SSSR count). The Morgan fingerprint density at radius 2 is 1.82 bits per heavy atom. The predicted molar refractivity (Wildman–Crippen MR) is 63.6 cm³/mol. The van der Waals surface area contributed by atoms with Crippen LogP contribution in [-0.4, -0.2) is 34.5 Å². The zero-order valence-electron chi connectivity index (χ0n) is 10.4. The van der Waals surface area contributed by atoms with E-state index < -0.39 is 5.97 Å². The molecule has 0 aliphatic heterocycles. The fourth-order valence-corrected chi connectivity index (χ4v) is 2.79. The standard InChI is InChI=1S/C13H21NO3/c1-13(7-3-2-4-8-13)12(17)14(9-11(15)16)10-5-6-10/h10H,2-9H2,1H3,(H,15,16). The first-order valence-corrected chi connectivity index (χ1v) is 6.56. The van der Waals surface area contributed by atoms with Crippen LogP contribution in [0.25, 0.3) is 0 Å². The van der Waals surface area contributed by atoms with Gasteiger partial charge in [0.15, 0.2) is 0 Å². The number of hydrogen-bond donors (Lipinski definition) is 1. The Labute approximate surface area is 102 Å². The Balaban J connectivity index is 2.06. The van der Waals surface area contributed by atoms with Crippen molar-refractivity contribution in [3.05, 3.63) is 0 Å². The molecule has 17 heavy (non-hydrogen) atoms. The molecule has 2 fully saturated rings. The van der Waals surface area contributed by atoms with Crippen molar-refractivity contribution in [3.63, 3.8) is 0 Å². The average molecular weight is 239 g/mol. The van der Waals surface area contributed by atoms with E-state index in [4.69, 9.17) is 5.11 Å². The lowest BCUT2D eigenvalue weighted by molar-refractivity contribution is -0.151. The molecule has 0 aromatic heterocycles. The number of amides is 1. The van der Waals surface area contributed by atoms with Gasteiger partial charge in [-0.25, -0.2) is 0 Å². The average Bonchev–Trinajstić information content (AvgIpc) is 3.09. The number of aliphatic carboxylic acids is 1. The SMILES string of the molecule is CC1(C(=O)N(CC(=O)O)C2CC2)CCCCC1. The molecule has 0 unspecified atom stereocenters. The van der Waals surface area contributed by atoms with E-state index in [0.717, 1.165) is 38.5 Å². The van der Waals surface area contributed by atoms with Gasteiger partial charge < -0.3 is 10.0 Å². The summed E-state index contributed by atoms with van der Waals surface area (Å²) >= 11 is 0. The minimum Gasteiger partial charge on any atom is -0.480 e. The van der Waals surface area contributed by atoms with Gasteiger partial charge in [-0.3, -0.25) is 9.59 Å². The second kappa shape index (κ2) is 4.67. The molecular formula is C13H21NO3. The highest BCUT2D eigenvalue weighted by atomic mass is 16.4. The first kappa shape index (κ1) is 12.4. The van der Waals surface area contributed by atoms with Crippen molar-refractivity contribution in [3.8, 4) is 0 Å². The number of carbonyl (C=O) groups excluding carboxylic acids is 1. The van der Waals surface area contributed by atoms with Crippen LogP contribution in [0.5, 0.6) is 0 Å². The Bertz CT molecular complexity index is 317. The molecule has 0 saturated heterocycles. The maximum Gasteiger partial charge on any atom is 0.323 e. The van der Waals surface area contributed by atoms with Gasteiger partial charge in [0.25, 0.3) is 0 Å². The van der Waals surface area contributed by atoms with Gasteiger partial charge in [0.05, 0.1) is 0 Å². The van der Waals surface area contributed by atoms with Crippen LogP contribution in [0.4, 0.5) is 0 Å². The zero-order valence-corrected chi connectivity index (χ0v) is 10.4. The van der Waals surface area contributed by atoms with Gasteiger partial charge in [0, 0.05) is 11.5 Å². The van der Waals surface area contributed by atoms with Crippen molar-refractivity contribution >= 4 is 11.9 Å². The van der Waals surface area contributed by atoms with Crippen molar-refractivity contribution in [2.45, 2.75) is 57.9 Å². The van der Waals surface area contributed by atoms with Crippen molar-refractivity contribution in [2.75, 3.05) is 6.54 Å². The largest absolute Gasteiger partial charge is 0.480 e. The van der Waals surface area contributed by atoms with E-state index in [2.05, 4.69) is 0 Å². The molecule has 4 nitrogen and oxygen atoms in total. The molecule has 1 amide bonds. The van der Waals surface area contributed by atoms with E-state index in [1.54, 1.807) is 4.90 Å². The third-order valence-corrected chi connectivity index (χ3v) is 4.03. The molecule has 0 aromatic rings. The van der Waals surface area contributed by atoms with Crippen LogP contribution in [0.1, 0.15) is 51.9 Å². The number of carboxylic acids is 1. The first-order chi connectivity index (χ1) is 8.03. The molecule has 0 heterocycles. The molecular weight excluding hydrogens is 218 g/mol. The van der Waals surface area contributed by atoms with Crippen LogP contribution in [-0.2, 0) is 9.59 Å². The quantitative estimate of drug-likeness (QED) is 0.816. The molecule has 2 saturated carbocycles. The fourth-order valence-electron chi connectivity index (χ4n) is 2.79. The minimum absolute atomic E-state index is 0.0714. The van der Waals surface area contributed by atoms with Gasteiger partial charge in [0.2, 0.25) is 5.91 Å². The molecule has 0 atom stereocenters. The predicted octanol–water partition coefficient (Wildman–Crippen LogP) is 2.03. The topological polar surface area (TPSA) is 57.6 Å². The van der Waals surface area contributed by atoms with E-state index in [9.17, 15) is 9.59 Å². The first-order valence-electron chi connectivity index (χ1n) is 6.56. The number of nitrogens with zero attached hydrogens (tertiary/aromatic N) is 1. The number of rotatable bonds is 4. The smallest absolute Gasteiger partial charge is 0.323 e. The summed E-state index contributed by atoms with van der Waals surface area (Å²) in [7, 11) is 0. The lowest BCUT2D eigenvalue weighted by Gasteiger charge is -2.36. The van der Waals surface area contributed by atoms with E-state index in [1.165, 1.54) is 6.42 Å². The van der Waals surface area contributed by atoms with Gasteiger partial charge in [-0.15, -0.1) is 0 Å². The van der Waals surface area contributed by atoms with Crippen LogP contribution < -0.4 is 0 Å². The maximum absolute atomic E-state index is 12.5. The molecule has 0 bridgehead atoms. The van der Waals surface area contributed by atoms with E-state index in [-0.39, 0.29) is 23.9 Å². The van der Waals surface area contributed by atoms with Gasteiger partial charge in [0.1, 0.15) is 6.54 Å². The van der Waals surface area contributed by atoms with Gasteiger partial charge in [-0.2, -0.15) is 0 Å². The lowest BCUT2D eigenvalue weighted by atomic mass is 9.74. The van der Waals surface area contributed by atoms with Crippen LogP contribution >= 0.6 is 0 Å². The van der Waals surface area contributed by atoms with Crippen molar-refractivity contribution in [2.24, 2.45) is 5.41 Å². The number of hydrogen-bond acceptors (Lipinski definition) is 2. The van der Waals surface area contributed by atoms with Crippen LogP contribution in [0.2, 0.25) is 0 Å².